The largest absolute Gasteiger partial charge is 0.469 e. The molecule has 0 rings (SSSR count). The van der Waals surface area contributed by atoms with Gasteiger partial charge in [-0.2, -0.15) is 0 Å². The summed E-state index contributed by atoms with van der Waals surface area (Å²) in [5.74, 6) is -0.440. The zero-order valence-electron chi connectivity index (χ0n) is 10.9. The van der Waals surface area contributed by atoms with E-state index in [9.17, 15) is 13.2 Å². The van der Waals surface area contributed by atoms with Gasteiger partial charge in [-0.25, -0.2) is 13.1 Å². The van der Waals surface area contributed by atoms with E-state index in [0.29, 0.717) is 6.54 Å². The van der Waals surface area contributed by atoms with Gasteiger partial charge >= 0.3 is 5.97 Å². The summed E-state index contributed by atoms with van der Waals surface area (Å²) in [5.41, 5.74) is 0. The molecule has 0 saturated carbocycles. The smallest absolute Gasteiger partial charge is 0.305 e. The summed E-state index contributed by atoms with van der Waals surface area (Å²) in [4.78, 5) is 12.7. The highest BCUT2D eigenvalue weighted by molar-refractivity contribution is 7.89. The van der Waals surface area contributed by atoms with Gasteiger partial charge in [0, 0.05) is 19.0 Å². The van der Waals surface area contributed by atoms with Crippen molar-refractivity contribution in [1.82, 2.24) is 9.62 Å². The van der Waals surface area contributed by atoms with E-state index >= 15 is 0 Å². The van der Waals surface area contributed by atoms with Crippen LogP contribution in [0.15, 0.2) is 0 Å². The number of ether oxygens (including phenoxy) is 1. The lowest BCUT2D eigenvalue weighted by molar-refractivity contribution is -0.140. The Hall–Kier alpha value is -0.660. The summed E-state index contributed by atoms with van der Waals surface area (Å²) in [7, 11) is 1.76. The predicted molar refractivity (Wildman–Crippen MR) is 66.2 cm³/mol. The Bertz CT molecular complexity index is 327. The normalized spacial score (nSPS) is 13.7. The van der Waals surface area contributed by atoms with Gasteiger partial charge in [-0.1, -0.05) is 0 Å². The van der Waals surface area contributed by atoms with E-state index in [1.54, 1.807) is 0 Å². The van der Waals surface area contributed by atoms with Crippen molar-refractivity contribution in [3.63, 3.8) is 0 Å². The first-order valence-electron chi connectivity index (χ1n) is 5.49. The molecule has 0 aliphatic heterocycles. The molecule has 0 aromatic carbocycles. The molecule has 1 unspecified atom stereocenters. The summed E-state index contributed by atoms with van der Waals surface area (Å²) in [6.45, 7) is 2.30. The first kappa shape index (κ1) is 16.3. The molecule has 0 aliphatic carbocycles. The van der Waals surface area contributed by atoms with Crippen LogP contribution in [0.25, 0.3) is 0 Å². The standard InChI is InChI=1S/C10H22N2O4S/c1-9(12(2)3)8-11-17(14,15)7-5-6-10(13)16-4/h9,11H,5-8H2,1-4H3. The Morgan fingerprint density at radius 3 is 2.47 bits per heavy atom. The van der Waals surface area contributed by atoms with Crippen molar-refractivity contribution >= 4 is 16.0 Å². The fraction of sp³-hybridized carbons (Fsp3) is 0.900. The van der Waals surface area contributed by atoms with E-state index in [-0.39, 0.29) is 30.6 Å². The molecule has 6 nitrogen and oxygen atoms in total. The number of hydrogen-bond donors (Lipinski definition) is 1. The minimum atomic E-state index is -3.30. The lowest BCUT2D eigenvalue weighted by Gasteiger charge is -2.19. The fourth-order valence-electron chi connectivity index (χ4n) is 1.01. The highest BCUT2D eigenvalue weighted by atomic mass is 32.2. The number of rotatable bonds is 8. The van der Waals surface area contributed by atoms with Crippen molar-refractivity contribution in [3.8, 4) is 0 Å². The third-order valence-electron chi connectivity index (χ3n) is 2.50. The van der Waals surface area contributed by atoms with Crippen LogP contribution in [0.2, 0.25) is 0 Å². The number of carbonyl (C=O) groups is 1. The lowest BCUT2D eigenvalue weighted by atomic mass is 10.3. The number of likely N-dealkylation sites (N-methyl/N-ethyl adjacent to an activating group) is 1. The van der Waals surface area contributed by atoms with Crippen LogP contribution in [0.5, 0.6) is 0 Å². The van der Waals surface area contributed by atoms with Gasteiger partial charge in [0.2, 0.25) is 10.0 Å². The quantitative estimate of drug-likeness (QED) is 0.616. The third-order valence-corrected chi connectivity index (χ3v) is 3.93. The minimum absolute atomic E-state index is 0.0533. The fourth-order valence-corrected chi connectivity index (χ4v) is 2.17. The molecule has 7 heteroatoms. The second-order valence-corrected chi connectivity index (χ2v) is 6.09. The molecule has 0 aliphatic rings. The third kappa shape index (κ3) is 8.12. The topological polar surface area (TPSA) is 75.7 Å². The first-order valence-corrected chi connectivity index (χ1v) is 7.14. The number of hydrogen-bond acceptors (Lipinski definition) is 5. The Balaban J connectivity index is 3.93. The van der Waals surface area contributed by atoms with E-state index in [1.165, 1.54) is 7.11 Å². The number of methoxy groups -OCH3 is 1. The molecule has 0 aromatic rings. The molecule has 0 aromatic heterocycles. The average Bonchev–Trinajstić information content (AvgIpc) is 2.25. The second kappa shape index (κ2) is 7.62. The van der Waals surface area contributed by atoms with Crippen LogP contribution < -0.4 is 4.72 Å². The van der Waals surface area contributed by atoms with E-state index < -0.39 is 10.0 Å². The molecular weight excluding hydrogens is 244 g/mol. The van der Waals surface area contributed by atoms with Gasteiger partial charge in [-0.3, -0.25) is 4.79 Å². The van der Waals surface area contributed by atoms with Gasteiger partial charge < -0.3 is 9.64 Å². The van der Waals surface area contributed by atoms with Crippen LogP contribution in [-0.4, -0.2) is 58.8 Å². The van der Waals surface area contributed by atoms with E-state index in [0.717, 1.165) is 0 Å². The van der Waals surface area contributed by atoms with Crippen molar-refractivity contribution in [1.29, 1.82) is 0 Å². The Morgan fingerprint density at radius 2 is 2.00 bits per heavy atom. The molecule has 0 heterocycles. The average molecular weight is 266 g/mol. The molecule has 0 fully saturated rings. The number of nitrogens with zero attached hydrogens (tertiary/aromatic N) is 1. The number of carbonyl (C=O) groups excluding carboxylic acids is 1. The summed E-state index contributed by atoms with van der Waals surface area (Å²) < 4.78 is 30.0. The number of esters is 1. The van der Waals surface area contributed by atoms with Crippen LogP contribution in [0.1, 0.15) is 19.8 Å². The monoisotopic (exact) mass is 266 g/mol. The van der Waals surface area contributed by atoms with Gasteiger partial charge in [0.25, 0.3) is 0 Å². The van der Waals surface area contributed by atoms with Crippen molar-refractivity contribution in [3.05, 3.63) is 0 Å². The molecule has 0 amide bonds. The zero-order valence-corrected chi connectivity index (χ0v) is 11.7. The van der Waals surface area contributed by atoms with Gasteiger partial charge in [0.1, 0.15) is 0 Å². The van der Waals surface area contributed by atoms with Crippen molar-refractivity contribution in [2.75, 3.05) is 33.5 Å². The lowest BCUT2D eigenvalue weighted by Crippen LogP contribution is -2.39. The molecule has 1 N–H and O–H groups in total. The van der Waals surface area contributed by atoms with Gasteiger partial charge in [0.15, 0.2) is 0 Å². The zero-order chi connectivity index (χ0) is 13.5. The Morgan fingerprint density at radius 1 is 1.41 bits per heavy atom. The molecular formula is C10H22N2O4S. The molecule has 0 spiro atoms. The first-order chi connectivity index (χ1) is 7.78. The van der Waals surface area contributed by atoms with Crippen LogP contribution >= 0.6 is 0 Å². The molecule has 0 bridgehead atoms. The number of nitrogens with one attached hydrogen (secondary N) is 1. The maximum Gasteiger partial charge on any atom is 0.305 e. The van der Waals surface area contributed by atoms with Crippen molar-refractivity contribution in [2.24, 2.45) is 0 Å². The maximum absolute atomic E-state index is 11.5. The van der Waals surface area contributed by atoms with Crippen LogP contribution in [0, 0.1) is 0 Å². The van der Waals surface area contributed by atoms with Crippen LogP contribution in [-0.2, 0) is 19.6 Å². The molecule has 0 radical (unpaired) electrons. The Labute approximate surface area is 103 Å². The SMILES string of the molecule is COC(=O)CCCS(=O)(=O)NCC(C)N(C)C. The molecule has 17 heavy (non-hydrogen) atoms. The number of sulfonamides is 1. The predicted octanol–water partition coefficient (Wildman–Crippen LogP) is -0.191. The van der Waals surface area contributed by atoms with Gasteiger partial charge in [0.05, 0.1) is 12.9 Å². The van der Waals surface area contributed by atoms with E-state index in [2.05, 4.69) is 9.46 Å². The minimum Gasteiger partial charge on any atom is -0.469 e. The molecule has 0 saturated heterocycles. The molecule has 1 atom stereocenters. The summed E-state index contributed by atoms with van der Waals surface area (Å²) >= 11 is 0. The van der Waals surface area contributed by atoms with Gasteiger partial charge in [-0.15, -0.1) is 0 Å². The highest BCUT2D eigenvalue weighted by Crippen LogP contribution is 1.97. The van der Waals surface area contributed by atoms with E-state index in [1.807, 2.05) is 25.9 Å². The van der Waals surface area contributed by atoms with E-state index in [4.69, 9.17) is 0 Å². The van der Waals surface area contributed by atoms with Crippen molar-refractivity contribution < 1.29 is 17.9 Å². The van der Waals surface area contributed by atoms with Gasteiger partial charge in [-0.05, 0) is 27.4 Å². The highest BCUT2D eigenvalue weighted by Gasteiger charge is 2.13. The molecule has 102 valence electrons. The van der Waals surface area contributed by atoms with Crippen molar-refractivity contribution in [2.45, 2.75) is 25.8 Å². The summed E-state index contributed by atoms with van der Waals surface area (Å²) in [6.07, 6.45) is 0.402. The summed E-state index contributed by atoms with van der Waals surface area (Å²) in [5, 5.41) is 0. The second-order valence-electron chi connectivity index (χ2n) is 4.16. The Kier molecular flexibility index (Phi) is 7.33. The van der Waals surface area contributed by atoms with Crippen LogP contribution in [0.3, 0.4) is 0 Å². The van der Waals surface area contributed by atoms with Crippen LogP contribution in [0.4, 0.5) is 0 Å². The summed E-state index contributed by atoms with van der Waals surface area (Å²) in [6, 6.07) is 0.130. The maximum atomic E-state index is 11.5.